The van der Waals surface area contributed by atoms with Gasteiger partial charge in [0.25, 0.3) is 0 Å². The number of carboxylic acid groups (broad SMARTS) is 1. The standard InChI is InChI=1S/C16H13F3O3/c17-16(18,19)13-6-4-11(5-7-13)10-22-14-3-1-2-12(8-14)9-15(20)21/h1-8H,9-10H2,(H,20,21). The van der Waals surface area contributed by atoms with Gasteiger partial charge in [-0.05, 0) is 35.4 Å². The molecule has 0 amide bonds. The van der Waals surface area contributed by atoms with Crippen molar-refractivity contribution in [1.82, 2.24) is 0 Å². The van der Waals surface area contributed by atoms with Crippen molar-refractivity contribution in [3.8, 4) is 5.75 Å². The van der Waals surface area contributed by atoms with Crippen LogP contribution >= 0.6 is 0 Å². The molecule has 0 atom stereocenters. The summed E-state index contributed by atoms with van der Waals surface area (Å²) in [6.45, 7) is 0.106. The molecule has 0 unspecified atom stereocenters. The van der Waals surface area contributed by atoms with E-state index in [1.807, 2.05) is 0 Å². The molecule has 0 aliphatic heterocycles. The van der Waals surface area contributed by atoms with Gasteiger partial charge in [0, 0.05) is 0 Å². The summed E-state index contributed by atoms with van der Waals surface area (Å²) in [5.41, 5.74) is 0.480. The topological polar surface area (TPSA) is 46.5 Å². The monoisotopic (exact) mass is 310 g/mol. The Balaban J connectivity index is 1.99. The number of hydrogen-bond donors (Lipinski definition) is 1. The molecular weight excluding hydrogens is 297 g/mol. The number of halogens is 3. The summed E-state index contributed by atoms with van der Waals surface area (Å²) in [5.74, 6) is -0.474. The predicted octanol–water partition coefficient (Wildman–Crippen LogP) is 3.91. The molecule has 6 heteroatoms. The fourth-order valence-electron chi connectivity index (χ4n) is 1.88. The van der Waals surface area contributed by atoms with Crippen molar-refractivity contribution in [3.63, 3.8) is 0 Å². The zero-order valence-electron chi connectivity index (χ0n) is 11.4. The van der Waals surface area contributed by atoms with Crippen LogP contribution in [0.25, 0.3) is 0 Å². The van der Waals surface area contributed by atoms with Crippen LogP contribution in [0.5, 0.6) is 5.75 Å². The number of ether oxygens (including phenoxy) is 1. The third-order valence-electron chi connectivity index (χ3n) is 2.94. The third-order valence-corrected chi connectivity index (χ3v) is 2.94. The van der Waals surface area contributed by atoms with Crippen molar-refractivity contribution in [2.75, 3.05) is 0 Å². The highest BCUT2D eigenvalue weighted by Gasteiger charge is 2.29. The highest BCUT2D eigenvalue weighted by molar-refractivity contribution is 5.70. The molecule has 1 N–H and O–H groups in total. The van der Waals surface area contributed by atoms with Gasteiger partial charge >= 0.3 is 12.1 Å². The van der Waals surface area contributed by atoms with Crippen molar-refractivity contribution in [1.29, 1.82) is 0 Å². The first-order chi connectivity index (χ1) is 10.3. The number of carboxylic acids is 1. The lowest BCUT2D eigenvalue weighted by Crippen LogP contribution is -2.05. The van der Waals surface area contributed by atoms with Crippen LogP contribution in [0.1, 0.15) is 16.7 Å². The van der Waals surface area contributed by atoms with Gasteiger partial charge in [-0.1, -0.05) is 24.3 Å². The lowest BCUT2D eigenvalue weighted by Gasteiger charge is -2.09. The van der Waals surface area contributed by atoms with Crippen LogP contribution in [0.3, 0.4) is 0 Å². The van der Waals surface area contributed by atoms with Gasteiger partial charge in [-0.25, -0.2) is 0 Å². The Morgan fingerprint density at radius 2 is 1.73 bits per heavy atom. The molecule has 0 bridgehead atoms. The van der Waals surface area contributed by atoms with E-state index < -0.39 is 17.7 Å². The molecule has 22 heavy (non-hydrogen) atoms. The first-order valence-electron chi connectivity index (χ1n) is 6.44. The van der Waals surface area contributed by atoms with Crippen LogP contribution in [0, 0.1) is 0 Å². The van der Waals surface area contributed by atoms with E-state index in [0.29, 0.717) is 16.9 Å². The molecule has 2 aromatic carbocycles. The number of alkyl halides is 3. The van der Waals surface area contributed by atoms with Gasteiger partial charge in [-0.3, -0.25) is 4.79 Å². The van der Waals surface area contributed by atoms with E-state index in [0.717, 1.165) is 12.1 Å². The van der Waals surface area contributed by atoms with Crippen LogP contribution in [0.2, 0.25) is 0 Å². The summed E-state index contributed by atoms with van der Waals surface area (Å²) in [6.07, 6.45) is -4.47. The van der Waals surface area contributed by atoms with E-state index >= 15 is 0 Å². The van der Waals surface area contributed by atoms with Crippen molar-refractivity contribution in [2.45, 2.75) is 19.2 Å². The Morgan fingerprint density at radius 3 is 2.32 bits per heavy atom. The average molecular weight is 310 g/mol. The second kappa shape index (κ2) is 6.51. The van der Waals surface area contributed by atoms with Crippen LogP contribution in [-0.2, 0) is 24.0 Å². The van der Waals surface area contributed by atoms with Crippen LogP contribution in [0.4, 0.5) is 13.2 Å². The Labute approximate surface area is 125 Å². The lowest BCUT2D eigenvalue weighted by molar-refractivity contribution is -0.138. The van der Waals surface area contributed by atoms with E-state index in [1.54, 1.807) is 24.3 Å². The molecule has 0 fully saturated rings. The van der Waals surface area contributed by atoms with Crippen molar-refractivity contribution < 1.29 is 27.8 Å². The minimum Gasteiger partial charge on any atom is -0.489 e. The Kier molecular flexibility index (Phi) is 4.70. The maximum atomic E-state index is 12.4. The summed E-state index contributed by atoms with van der Waals surface area (Å²) in [5, 5.41) is 8.72. The normalized spacial score (nSPS) is 11.2. The Bertz CT molecular complexity index is 648. The van der Waals surface area contributed by atoms with Gasteiger partial charge in [0.2, 0.25) is 0 Å². The maximum absolute atomic E-state index is 12.4. The van der Waals surface area contributed by atoms with Gasteiger partial charge in [-0.2, -0.15) is 13.2 Å². The van der Waals surface area contributed by atoms with E-state index in [1.165, 1.54) is 12.1 Å². The fraction of sp³-hybridized carbons (Fsp3) is 0.188. The number of carbonyl (C=O) groups is 1. The van der Waals surface area contributed by atoms with Crippen molar-refractivity contribution >= 4 is 5.97 Å². The van der Waals surface area contributed by atoms with Crippen molar-refractivity contribution in [2.24, 2.45) is 0 Å². The fourth-order valence-corrected chi connectivity index (χ4v) is 1.88. The minimum absolute atomic E-state index is 0.106. The molecule has 0 heterocycles. The Morgan fingerprint density at radius 1 is 1.05 bits per heavy atom. The summed E-state index contributed by atoms with van der Waals surface area (Å²) < 4.78 is 42.8. The van der Waals surface area contributed by atoms with Gasteiger partial charge in [0.15, 0.2) is 0 Å². The first kappa shape index (κ1) is 15.9. The largest absolute Gasteiger partial charge is 0.489 e. The molecule has 2 rings (SSSR count). The SMILES string of the molecule is O=C(O)Cc1cccc(OCc2ccc(C(F)(F)F)cc2)c1. The summed E-state index contributed by atoms with van der Waals surface area (Å²) in [6, 6.07) is 11.3. The van der Waals surface area contributed by atoms with Gasteiger partial charge in [-0.15, -0.1) is 0 Å². The zero-order valence-corrected chi connectivity index (χ0v) is 11.4. The first-order valence-corrected chi connectivity index (χ1v) is 6.44. The molecule has 0 saturated carbocycles. The molecule has 0 spiro atoms. The number of benzene rings is 2. The molecular formula is C16H13F3O3. The van der Waals surface area contributed by atoms with Crippen LogP contribution in [0.15, 0.2) is 48.5 Å². The molecule has 0 aliphatic rings. The van der Waals surface area contributed by atoms with E-state index in [4.69, 9.17) is 9.84 Å². The highest BCUT2D eigenvalue weighted by Crippen LogP contribution is 2.29. The van der Waals surface area contributed by atoms with Gasteiger partial charge < -0.3 is 9.84 Å². The number of hydrogen-bond acceptors (Lipinski definition) is 2. The molecule has 0 radical (unpaired) electrons. The zero-order chi connectivity index (χ0) is 16.2. The maximum Gasteiger partial charge on any atom is 0.416 e. The smallest absolute Gasteiger partial charge is 0.416 e. The third kappa shape index (κ3) is 4.51. The number of aliphatic carboxylic acids is 1. The van der Waals surface area contributed by atoms with Crippen LogP contribution in [-0.4, -0.2) is 11.1 Å². The Hall–Kier alpha value is -2.50. The summed E-state index contributed by atoms with van der Waals surface area (Å²) in [4.78, 5) is 10.6. The summed E-state index contributed by atoms with van der Waals surface area (Å²) >= 11 is 0. The molecule has 2 aromatic rings. The molecule has 0 saturated heterocycles. The lowest BCUT2D eigenvalue weighted by atomic mass is 10.1. The quantitative estimate of drug-likeness (QED) is 0.910. The highest BCUT2D eigenvalue weighted by atomic mass is 19.4. The summed E-state index contributed by atoms with van der Waals surface area (Å²) in [7, 11) is 0. The molecule has 116 valence electrons. The minimum atomic E-state index is -4.36. The second-order valence-electron chi connectivity index (χ2n) is 4.70. The molecule has 0 aromatic heterocycles. The number of rotatable bonds is 5. The predicted molar refractivity (Wildman–Crippen MR) is 73.6 cm³/mol. The van der Waals surface area contributed by atoms with Gasteiger partial charge in [0.05, 0.1) is 12.0 Å². The van der Waals surface area contributed by atoms with E-state index in [2.05, 4.69) is 0 Å². The molecule has 0 aliphatic carbocycles. The van der Waals surface area contributed by atoms with E-state index in [-0.39, 0.29) is 13.0 Å². The molecule has 3 nitrogen and oxygen atoms in total. The second-order valence-corrected chi connectivity index (χ2v) is 4.70. The average Bonchev–Trinajstić information content (AvgIpc) is 2.44. The van der Waals surface area contributed by atoms with E-state index in [9.17, 15) is 18.0 Å². The van der Waals surface area contributed by atoms with Crippen molar-refractivity contribution in [3.05, 3.63) is 65.2 Å². The van der Waals surface area contributed by atoms with Gasteiger partial charge in [0.1, 0.15) is 12.4 Å². The van der Waals surface area contributed by atoms with Crippen LogP contribution < -0.4 is 4.74 Å².